The second-order valence-corrected chi connectivity index (χ2v) is 6.03. The Morgan fingerprint density at radius 1 is 1.30 bits per heavy atom. The minimum absolute atomic E-state index is 0.0818. The summed E-state index contributed by atoms with van der Waals surface area (Å²) in [5.74, 6) is 0.927. The van der Waals surface area contributed by atoms with Crippen LogP contribution >= 0.6 is 0 Å². The molecule has 1 heterocycles. The minimum Gasteiger partial charge on any atom is -0.496 e. The fraction of sp³-hybridized carbons (Fsp3) is 0.368. The van der Waals surface area contributed by atoms with E-state index in [-0.39, 0.29) is 5.91 Å². The molecule has 1 aromatic heterocycles. The van der Waals surface area contributed by atoms with Crippen LogP contribution in [0.1, 0.15) is 40.9 Å². The summed E-state index contributed by atoms with van der Waals surface area (Å²) in [4.78, 5) is 18.9. The van der Waals surface area contributed by atoms with E-state index in [1.807, 2.05) is 42.3 Å². The fourth-order valence-corrected chi connectivity index (χ4v) is 2.90. The molecule has 0 radical (unpaired) electrons. The zero-order valence-electron chi connectivity index (χ0n) is 13.7. The normalized spacial score (nSPS) is 14.2. The van der Waals surface area contributed by atoms with Gasteiger partial charge in [-0.1, -0.05) is 18.2 Å². The Bertz CT molecular complexity index is 695. The first kappa shape index (κ1) is 15.5. The van der Waals surface area contributed by atoms with Crippen LogP contribution in [0, 0.1) is 0 Å². The van der Waals surface area contributed by atoms with E-state index in [1.165, 1.54) is 6.42 Å². The summed E-state index contributed by atoms with van der Waals surface area (Å²) in [7, 11) is 3.56. The van der Waals surface area contributed by atoms with Crippen molar-refractivity contribution >= 4 is 5.91 Å². The maximum atomic E-state index is 12.6. The number of methoxy groups -OCH3 is 1. The molecule has 0 unspecified atom stereocenters. The van der Waals surface area contributed by atoms with Crippen LogP contribution in [-0.2, 0) is 6.42 Å². The Morgan fingerprint density at radius 3 is 2.78 bits per heavy atom. The van der Waals surface area contributed by atoms with E-state index in [2.05, 4.69) is 4.98 Å². The lowest BCUT2D eigenvalue weighted by Crippen LogP contribution is -2.41. The lowest BCUT2D eigenvalue weighted by molar-refractivity contribution is 0.0652. The Labute approximate surface area is 137 Å². The van der Waals surface area contributed by atoms with Gasteiger partial charge in [0.2, 0.25) is 0 Å². The number of carbonyl (C=O) groups is 1. The van der Waals surface area contributed by atoms with E-state index in [4.69, 9.17) is 4.74 Å². The van der Waals surface area contributed by atoms with Crippen molar-refractivity contribution in [1.82, 2.24) is 9.88 Å². The molecule has 23 heavy (non-hydrogen) atoms. The molecule has 120 valence electrons. The number of nitrogens with zero attached hydrogens (tertiary/aromatic N) is 2. The molecule has 0 atom stereocenters. The van der Waals surface area contributed by atoms with Crippen LogP contribution < -0.4 is 4.74 Å². The molecule has 0 N–H and O–H groups in total. The fourth-order valence-electron chi connectivity index (χ4n) is 2.90. The molecule has 1 aliphatic carbocycles. The van der Waals surface area contributed by atoms with Crippen LogP contribution in [-0.4, -0.2) is 36.0 Å². The van der Waals surface area contributed by atoms with Crippen molar-refractivity contribution in [3.05, 3.63) is 59.4 Å². The maximum Gasteiger partial charge on any atom is 0.253 e. The van der Waals surface area contributed by atoms with Crippen molar-refractivity contribution in [3.63, 3.8) is 0 Å². The van der Waals surface area contributed by atoms with Crippen LogP contribution in [0.5, 0.6) is 5.75 Å². The highest BCUT2D eigenvalue weighted by molar-refractivity contribution is 5.94. The highest BCUT2D eigenvalue weighted by Gasteiger charge is 2.26. The number of ether oxygens (including phenoxy) is 1. The largest absolute Gasteiger partial charge is 0.496 e. The van der Waals surface area contributed by atoms with Crippen molar-refractivity contribution < 1.29 is 9.53 Å². The van der Waals surface area contributed by atoms with Crippen molar-refractivity contribution in [1.29, 1.82) is 0 Å². The summed E-state index contributed by atoms with van der Waals surface area (Å²) in [6, 6.07) is 12.0. The zero-order valence-corrected chi connectivity index (χ0v) is 13.7. The number of rotatable bonds is 5. The van der Waals surface area contributed by atoms with Crippen molar-refractivity contribution in [2.45, 2.75) is 31.7 Å². The Hall–Kier alpha value is -2.36. The third-order valence-corrected chi connectivity index (χ3v) is 4.57. The SMILES string of the molecule is COc1ccccc1Cc1cc(C(=O)N(C)C2CCC2)ccn1. The average Bonchev–Trinajstić information content (AvgIpc) is 2.53. The Balaban J connectivity index is 1.78. The van der Waals surface area contributed by atoms with Crippen LogP contribution in [0.3, 0.4) is 0 Å². The third kappa shape index (κ3) is 3.36. The molecule has 1 amide bonds. The highest BCUT2D eigenvalue weighted by Crippen LogP contribution is 2.25. The third-order valence-electron chi connectivity index (χ3n) is 4.57. The smallest absolute Gasteiger partial charge is 0.253 e. The van der Waals surface area contributed by atoms with E-state index in [1.54, 1.807) is 19.4 Å². The highest BCUT2D eigenvalue weighted by atomic mass is 16.5. The number of benzene rings is 1. The minimum atomic E-state index is 0.0818. The first-order valence-corrected chi connectivity index (χ1v) is 8.03. The summed E-state index contributed by atoms with van der Waals surface area (Å²) in [6.07, 6.45) is 5.81. The lowest BCUT2D eigenvalue weighted by Gasteiger charge is -2.34. The van der Waals surface area contributed by atoms with E-state index < -0.39 is 0 Å². The molecule has 4 nitrogen and oxygen atoms in total. The van der Waals surface area contributed by atoms with Gasteiger partial charge in [-0.25, -0.2) is 0 Å². The van der Waals surface area contributed by atoms with Crippen LogP contribution in [0.15, 0.2) is 42.6 Å². The van der Waals surface area contributed by atoms with Gasteiger partial charge in [-0.05, 0) is 37.5 Å². The predicted molar refractivity (Wildman–Crippen MR) is 89.8 cm³/mol. The second kappa shape index (κ2) is 6.82. The van der Waals surface area contributed by atoms with Gasteiger partial charge in [0.15, 0.2) is 0 Å². The standard InChI is InChI=1S/C19H22N2O2/c1-21(17-7-5-8-17)19(22)15-10-11-20-16(13-15)12-14-6-3-4-9-18(14)23-2/h3-4,6,9-11,13,17H,5,7-8,12H2,1-2H3. The van der Waals surface area contributed by atoms with Gasteiger partial charge in [0.05, 0.1) is 7.11 Å². The summed E-state index contributed by atoms with van der Waals surface area (Å²) in [5, 5.41) is 0. The summed E-state index contributed by atoms with van der Waals surface area (Å²) in [5.41, 5.74) is 2.65. The second-order valence-electron chi connectivity index (χ2n) is 6.03. The number of hydrogen-bond acceptors (Lipinski definition) is 3. The number of aromatic nitrogens is 1. The molecule has 0 bridgehead atoms. The number of hydrogen-bond donors (Lipinski definition) is 0. The van der Waals surface area contributed by atoms with Gasteiger partial charge < -0.3 is 9.64 Å². The zero-order chi connectivity index (χ0) is 16.2. The lowest BCUT2D eigenvalue weighted by atomic mass is 9.91. The molecule has 1 fully saturated rings. The first-order valence-electron chi connectivity index (χ1n) is 8.03. The van der Waals surface area contributed by atoms with Gasteiger partial charge in [0.25, 0.3) is 5.91 Å². The monoisotopic (exact) mass is 310 g/mol. The summed E-state index contributed by atoms with van der Waals surface area (Å²) >= 11 is 0. The molecule has 1 saturated carbocycles. The van der Waals surface area contributed by atoms with Crippen LogP contribution in [0.4, 0.5) is 0 Å². The topological polar surface area (TPSA) is 42.4 Å². The Morgan fingerprint density at radius 2 is 2.09 bits per heavy atom. The molecule has 0 spiro atoms. The molecule has 1 aliphatic rings. The summed E-state index contributed by atoms with van der Waals surface area (Å²) in [6.45, 7) is 0. The van der Waals surface area contributed by atoms with Gasteiger partial charge >= 0.3 is 0 Å². The van der Waals surface area contributed by atoms with Gasteiger partial charge in [-0.3, -0.25) is 9.78 Å². The number of pyridine rings is 1. The predicted octanol–water partition coefficient (Wildman–Crippen LogP) is 3.31. The quantitative estimate of drug-likeness (QED) is 0.851. The molecule has 0 aliphatic heterocycles. The van der Waals surface area contributed by atoms with Gasteiger partial charge in [0.1, 0.15) is 5.75 Å². The number of carbonyl (C=O) groups excluding carboxylic acids is 1. The first-order chi connectivity index (χ1) is 11.2. The van der Waals surface area contributed by atoms with E-state index >= 15 is 0 Å². The van der Waals surface area contributed by atoms with Gasteiger partial charge in [-0.15, -0.1) is 0 Å². The van der Waals surface area contributed by atoms with Crippen molar-refractivity contribution in [3.8, 4) is 5.75 Å². The van der Waals surface area contributed by atoms with E-state index in [9.17, 15) is 4.79 Å². The summed E-state index contributed by atoms with van der Waals surface area (Å²) < 4.78 is 5.38. The number of para-hydroxylation sites is 1. The van der Waals surface area contributed by atoms with Gasteiger partial charge in [0, 0.05) is 42.5 Å². The van der Waals surface area contributed by atoms with Crippen LogP contribution in [0.25, 0.3) is 0 Å². The van der Waals surface area contributed by atoms with Crippen LogP contribution in [0.2, 0.25) is 0 Å². The molecule has 4 heteroatoms. The van der Waals surface area contributed by atoms with Gasteiger partial charge in [-0.2, -0.15) is 0 Å². The molecule has 1 aromatic carbocycles. The maximum absolute atomic E-state index is 12.6. The van der Waals surface area contributed by atoms with E-state index in [0.29, 0.717) is 18.0 Å². The molecule has 2 aromatic rings. The van der Waals surface area contributed by atoms with E-state index in [0.717, 1.165) is 29.8 Å². The molecular formula is C19H22N2O2. The molecular weight excluding hydrogens is 288 g/mol. The number of amides is 1. The molecule has 0 saturated heterocycles. The molecule has 3 rings (SSSR count). The Kier molecular flexibility index (Phi) is 4.60. The van der Waals surface area contributed by atoms with Crippen molar-refractivity contribution in [2.75, 3.05) is 14.2 Å². The van der Waals surface area contributed by atoms with Crippen molar-refractivity contribution in [2.24, 2.45) is 0 Å². The average molecular weight is 310 g/mol.